The van der Waals surface area contributed by atoms with E-state index in [1.165, 1.54) is 24.3 Å². The number of carboxylic acid groups (broad SMARTS) is 1. The lowest BCUT2D eigenvalue weighted by Crippen LogP contribution is -2.13. The number of aromatic nitrogens is 2. The van der Waals surface area contributed by atoms with Crippen molar-refractivity contribution >= 4 is 28.9 Å². The van der Waals surface area contributed by atoms with Gasteiger partial charge in [0.05, 0.1) is 16.6 Å². The number of aromatic amines is 1. The highest BCUT2D eigenvalue weighted by molar-refractivity contribution is 6.05. The maximum atomic E-state index is 13.1. The Morgan fingerprint density at radius 3 is 2.68 bits per heavy atom. The fraction of sp³-hybridized carbons (Fsp3) is 0. The number of carboxylic acids is 1. The van der Waals surface area contributed by atoms with Crippen LogP contribution in [0.5, 0.6) is 0 Å². The molecule has 1 amide bonds. The lowest BCUT2D eigenvalue weighted by Gasteiger charge is -2.01. The predicted octanol–water partition coefficient (Wildman–Crippen LogP) is 2.65. The molecule has 0 saturated heterocycles. The SMILES string of the molecule is O=C(Nc1nc2cccc(C(=O)O)c2[nH]1)c1cccc(F)c1. The number of halogens is 1. The minimum atomic E-state index is -1.10. The standard InChI is InChI=1S/C15H10FN3O3/c16-9-4-1-3-8(7-9)13(20)19-15-17-11-6-2-5-10(14(21)22)12(11)18-15/h1-7H,(H,21,22)(H2,17,18,19,20). The Kier molecular flexibility index (Phi) is 3.30. The van der Waals surface area contributed by atoms with Crippen molar-refractivity contribution in [2.45, 2.75) is 0 Å². The first kappa shape index (κ1) is 13.7. The molecule has 110 valence electrons. The molecule has 3 aromatic rings. The summed E-state index contributed by atoms with van der Waals surface area (Å²) in [5.41, 5.74) is 0.911. The first-order valence-electron chi connectivity index (χ1n) is 6.33. The number of para-hydroxylation sites is 1. The van der Waals surface area contributed by atoms with E-state index in [2.05, 4.69) is 15.3 Å². The monoisotopic (exact) mass is 299 g/mol. The van der Waals surface area contributed by atoms with Crippen molar-refractivity contribution in [2.24, 2.45) is 0 Å². The van der Waals surface area contributed by atoms with E-state index in [1.807, 2.05) is 0 Å². The number of benzene rings is 2. The highest BCUT2D eigenvalue weighted by Gasteiger charge is 2.14. The van der Waals surface area contributed by atoms with Crippen molar-refractivity contribution in [3.63, 3.8) is 0 Å². The summed E-state index contributed by atoms with van der Waals surface area (Å²) < 4.78 is 13.1. The van der Waals surface area contributed by atoms with Crippen LogP contribution < -0.4 is 5.32 Å². The molecule has 7 heteroatoms. The summed E-state index contributed by atoms with van der Waals surface area (Å²) in [7, 11) is 0. The number of H-pyrrole nitrogens is 1. The van der Waals surface area contributed by atoms with Crippen molar-refractivity contribution in [1.82, 2.24) is 9.97 Å². The van der Waals surface area contributed by atoms with Gasteiger partial charge in [-0.15, -0.1) is 0 Å². The second kappa shape index (κ2) is 5.28. The highest BCUT2D eigenvalue weighted by atomic mass is 19.1. The first-order chi connectivity index (χ1) is 10.5. The van der Waals surface area contributed by atoms with Crippen molar-refractivity contribution in [1.29, 1.82) is 0 Å². The summed E-state index contributed by atoms with van der Waals surface area (Å²) in [4.78, 5) is 30.0. The van der Waals surface area contributed by atoms with Gasteiger partial charge in [0.25, 0.3) is 5.91 Å². The Morgan fingerprint density at radius 2 is 1.95 bits per heavy atom. The van der Waals surface area contributed by atoms with Gasteiger partial charge < -0.3 is 10.1 Å². The van der Waals surface area contributed by atoms with E-state index in [0.717, 1.165) is 6.07 Å². The minimum Gasteiger partial charge on any atom is -0.478 e. The number of amides is 1. The summed E-state index contributed by atoms with van der Waals surface area (Å²) in [6, 6.07) is 9.83. The number of nitrogens with one attached hydrogen (secondary N) is 2. The van der Waals surface area contributed by atoms with E-state index < -0.39 is 17.7 Å². The van der Waals surface area contributed by atoms with E-state index in [9.17, 15) is 14.0 Å². The van der Waals surface area contributed by atoms with Gasteiger partial charge in [-0.1, -0.05) is 12.1 Å². The predicted molar refractivity (Wildman–Crippen MR) is 77.4 cm³/mol. The quantitative estimate of drug-likeness (QED) is 0.693. The Labute approximate surface area is 123 Å². The van der Waals surface area contributed by atoms with Crippen molar-refractivity contribution < 1.29 is 19.1 Å². The van der Waals surface area contributed by atoms with Crippen LogP contribution in [0.15, 0.2) is 42.5 Å². The minimum absolute atomic E-state index is 0.0521. The van der Waals surface area contributed by atoms with Crippen LogP contribution in [0.3, 0.4) is 0 Å². The van der Waals surface area contributed by atoms with Crippen LogP contribution in [-0.4, -0.2) is 27.0 Å². The molecule has 0 unspecified atom stereocenters. The average molecular weight is 299 g/mol. The normalized spacial score (nSPS) is 10.6. The Balaban J connectivity index is 1.93. The molecule has 0 bridgehead atoms. The molecular formula is C15H10FN3O3. The van der Waals surface area contributed by atoms with Crippen LogP contribution in [-0.2, 0) is 0 Å². The molecule has 0 spiro atoms. The molecule has 2 aromatic carbocycles. The van der Waals surface area contributed by atoms with E-state index in [-0.39, 0.29) is 17.1 Å². The van der Waals surface area contributed by atoms with Gasteiger partial charge in [-0.2, -0.15) is 0 Å². The molecule has 3 N–H and O–H groups in total. The molecule has 22 heavy (non-hydrogen) atoms. The zero-order chi connectivity index (χ0) is 15.7. The van der Waals surface area contributed by atoms with Gasteiger partial charge in [-0.25, -0.2) is 14.2 Å². The van der Waals surface area contributed by atoms with Gasteiger partial charge in [0.2, 0.25) is 5.95 Å². The number of carbonyl (C=O) groups excluding carboxylic acids is 1. The molecule has 0 aliphatic heterocycles. The third kappa shape index (κ3) is 2.51. The Hall–Kier alpha value is -3.22. The first-order valence-corrected chi connectivity index (χ1v) is 6.33. The molecule has 3 rings (SSSR count). The smallest absolute Gasteiger partial charge is 0.337 e. The number of fused-ring (bicyclic) bond motifs is 1. The van der Waals surface area contributed by atoms with Crippen LogP contribution >= 0.6 is 0 Å². The van der Waals surface area contributed by atoms with Gasteiger partial charge in [0, 0.05) is 5.56 Å². The van der Waals surface area contributed by atoms with E-state index in [0.29, 0.717) is 11.0 Å². The summed E-state index contributed by atoms with van der Waals surface area (Å²) in [5.74, 6) is -2.07. The van der Waals surface area contributed by atoms with Gasteiger partial charge in [-0.05, 0) is 30.3 Å². The molecule has 0 atom stereocenters. The Bertz CT molecular complexity index is 889. The van der Waals surface area contributed by atoms with Crippen LogP contribution in [0, 0.1) is 5.82 Å². The number of carbonyl (C=O) groups is 2. The number of hydrogen-bond donors (Lipinski definition) is 3. The molecular weight excluding hydrogens is 289 g/mol. The molecule has 0 fully saturated rings. The van der Waals surface area contributed by atoms with Crippen LogP contribution in [0.4, 0.5) is 10.3 Å². The molecule has 6 nitrogen and oxygen atoms in total. The fourth-order valence-electron chi connectivity index (χ4n) is 2.08. The lowest BCUT2D eigenvalue weighted by molar-refractivity contribution is 0.0698. The van der Waals surface area contributed by atoms with E-state index in [1.54, 1.807) is 12.1 Å². The van der Waals surface area contributed by atoms with Crippen molar-refractivity contribution in [3.05, 3.63) is 59.4 Å². The van der Waals surface area contributed by atoms with Crippen LogP contribution in [0.1, 0.15) is 20.7 Å². The van der Waals surface area contributed by atoms with E-state index in [4.69, 9.17) is 5.11 Å². The molecule has 0 radical (unpaired) electrons. The number of hydrogen-bond acceptors (Lipinski definition) is 3. The third-order valence-corrected chi connectivity index (χ3v) is 3.07. The molecule has 0 aliphatic rings. The fourth-order valence-corrected chi connectivity index (χ4v) is 2.08. The van der Waals surface area contributed by atoms with E-state index >= 15 is 0 Å². The second-order valence-corrected chi connectivity index (χ2v) is 4.55. The second-order valence-electron chi connectivity index (χ2n) is 4.55. The Morgan fingerprint density at radius 1 is 1.18 bits per heavy atom. The topological polar surface area (TPSA) is 95.1 Å². The van der Waals surface area contributed by atoms with Gasteiger partial charge >= 0.3 is 5.97 Å². The number of imidazole rings is 1. The van der Waals surface area contributed by atoms with Gasteiger partial charge in [0.1, 0.15) is 5.82 Å². The molecule has 0 saturated carbocycles. The molecule has 0 aliphatic carbocycles. The summed E-state index contributed by atoms with van der Waals surface area (Å²) in [5, 5.41) is 11.6. The molecule has 1 aromatic heterocycles. The maximum absolute atomic E-state index is 13.1. The van der Waals surface area contributed by atoms with Crippen molar-refractivity contribution in [2.75, 3.05) is 5.32 Å². The maximum Gasteiger partial charge on any atom is 0.337 e. The number of rotatable bonds is 3. The van der Waals surface area contributed by atoms with Crippen LogP contribution in [0.2, 0.25) is 0 Å². The number of anilines is 1. The zero-order valence-corrected chi connectivity index (χ0v) is 11.1. The van der Waals surface area contributed by atoms with Gasteiger partial charge in [-0.3, -0.25) is 10.1 Å². The third-order valence-electron chi connectivity index (χ3n) is 3.07. The largest absolute Gasteiger partial charge is 0.478 e. The summed E-state index contributed by atoms with van der Waals surface area (Å²) in [6.45, 7) is 0. The van der Waals surface area contributed by atoms with Crippen molar-refractivity contribution in [3.8, 4) is 0 Å². The number of nitrogens with zero attached hydrogens (tertiary/aromatic N) is 1. The molecule has 1 heterocycles. The summed E-state index contributed by atoms with van der Waals surface area (Å²) >= 11 is 0. The average Bonchev–Trinajstić information content (AvgIpc) is 2.89. The zero-order valence-electron chi connectivity index (χ0n) is 11.1. The number of aromatic carboxylic acids is 1. The van der Waals surface area contributed by atoms with Gasteiger partial charge in [0.15, 0.2) is 0 Å². The summed E-state index contributed by atoms with van der Waals surface area (Å²) in [6.07, 6.45) is 0. The highest BCUT2D eigenvalue weighted by Crippen LogP contribution is 2.19. The lowest BCUT2D eigenvalue weighted by atomic mass is 10.2. The van der Waals surface area contributed by atoms with Crippen LogP contribution in [0.25, 0.3) is 11.0 Å².